The molecule has 1 aromatic rings. The van der Waals surface area contributed by atoms with Gasteiger partial charge >= 0.3 is 0 Å². The number of carbonyl (C=O) groups excluding carboxylic acids is 2. The third-order valence-electron chi connectivity index (χ3n) is 4.25. The van der Waals surface area contributed by atoms with E-state index in [-0.39, 0.29) is 23.9 Å². The van der Waals surface area contributed by atoms with Gasteiger partial charge in [-0.25, -0.2) is 0 Å². The van der Waals surface area contributed by atoms with E-state index in [4.69, 9.17) is 6.42 Å². The summed E-state index contributed by atoms with van der Waals surface area (Å²) < 4.78 is 1.53. The van der Waals surface area contributed by atoms with E-state index in [2.05, 4.69) is 26.6 Å². The topological polar surface area (TPSA) is 92.0 Å². The average Bonchev–Trinajstić information content (AvgIpc) is 3.18. The number of nitrogens with zero attached hydrogens (tertiary/aromatic N) is 5. The zero-order chi connectivity index (χ0) is 17.2. The number of hydrogen-bond acceptors (Lipinski definition) is 5. The molecule has 126 valence electrons. The predicted molar refractivity (Wildman–Crippen MR) is 87.2 cm³/mol. The zero-order valence-electron chi connectivity index (χ0n) is 13.7. The molecule has 2 aliphatic rings. The van der Waals surface area contributed by atoms with E-state index in [0.29, 0.717) is 24.9 Å². The number of aromatic nitrogens is 2. The summed E-state index contributed by atoms with van der Waals surface area (Å²) in [6.45, 7) is 1.48. The molecule has 0 bridgehead atoms. The maximum absolute atomic E-state index is 12.3. The van der Waals surface area contributed by atoms with Crippen LogP contribution in [0.15, 0.2) is 16.4 Å². The van der Waals surface area contributed by atoms with E-state index in [1.807, 2.05) is 0 Å². The highest BCUT2D eigenvalue weighted by Gasteiger charge is 2.39. The second kappa shape index (κ2) is 6.43. The van der Waals surface area contributed by atoms with Gasteiger partial charge in [-0.05, 0) is 6.42 Å². The van der Waals surface area contributed by atoms with Gasteiger partial charge in [-0.1, -0.05) is 0 Å². The number of carbonyl (C=O) groups is 2. The molecule has 0 atom stereocenters. The van der Waals surface area contributed by atoms with Gasteiger partial charge in [0, 0.05) is 52.0 Å². The molecule has 0 saturated carbocycles. The second-order valence-electron chi connectivity index (χ2n) is 6.15. The maximum Gasteiger partial charge on any atom is 0.276 e. The van der Waals surface area contributed by atoms with Crippen molar-refractivity contribution in [3.63, 3.8) is 0 Å². The van der Waals surface area contributed by atoms with Crippen LogP contribution >= 0.6 is 0 Å². The Hall–Kier alpha value is -2.69. The van der Waals surface area contributed by atoms with Gasteiger partial charge in [-0.3, -0.25) is 14.3 Å². The quantitative estimate of drug-likeness (QED) is 0.770. The van der Waals surface area contributed by atoms with Crippen LogP contribution in [0.5, 0.6) is 0 Å². The Morgan fingerprint density at radius 1 is 1.38 bits per heavy atom. The van der Waals surface area contributed by atoms with Crippen LogP contribution in [0.2, 0.25) is 0 Å². The summed E-state index contributed by atoms with van der Waals surface area (Å²) in [5.74, 6) is 2.24. The summed E-state index contributed by atoms with van der Waals surface area (Å²) >= 11 is 0. The number of aryl methyl sites for hydroxylation is 1. The van der Waals surface area contributed by atoms with Crippen LogP contribution < -0.4 is 5.32 Å². The molecule has 8 nitrogen and oxygen atoms in total. The first-order chi connectivity index (χ1) is 11.5. The van der Waals surface area contributed by atoms with Gasteiger partial charge in [-0.15, -0.1) is 12.3 Å². The van der Waals surface area contributed by atoms with Gasteiger partial charge in [0.25, 0.3) is 5.91 Å². The number of likely N-dealkylation sites (tertiary alicyclic amines) is 1. The first kappa shape index (κ1) is 16.2. The lowest BCUT2D eigenvalue weighted by Crippen LogP contribution is -2.42. The van der Waals surface area contributed by atoms with E-state index in [0.717, 1.165) is 19.5 Å². The van der Waals surface area contributed by atoms with Gasteiger partial charge in [-0.2, -0.15) is 15.3 Å². The number of amides is 2. The van der Waals surface area contributed by atoms with Crippen LogP contribution in [0.3, 0.4) is 0 Å². The first-order valence-corrected chi connectivity index (χ1v) is 8.03. The van der Waals surface area contributed by atoms with Crippen molar-refractivity contribution < 1.29 is 9.59 Å². The van der Waals surface area contributed by atoms with Crippen molar-refractivity contribution in [2.45, 2.75) is 37.8 Å². The smallest absolute Gasteiger partial charge is 0.276 e. The standard InChI is InChI=1S/C16H20N6O2/c1-3-4-7-16(19-20-16)8-6-13(23)17-12-11-21(2)18-14(12)15(24)22-9-5-10-22/h1,11H,4-10H2,2H3,(H,17,23). The molecular weight excluding hydrogens is 308 g/mol. The fourth-order valence-corrected chi connectivity index (χ4v) is 2.60. The van der Waals surface area contributed by atoms with Gasteiger partial charge in [0.1, 0.15) is 0 Å². The van der Waals surface area contributed by atoms with Gasteiger partial charge in [0.2, 0.25) is 5.91 Å². The summed E-state index contributed by atoms with van der Waals surface area (Å²) in [7, 11) is 1.72. The minimum atomic E-state index is -0.477. The Bertz CT molecular complexity index is 719. The van der Waals surface area contributed by atoms with E-state index < -0.39 is 5.66 Å². The van der Waals surface area contributed by atoms with Crippen LogP contribution in [0, 0.1) is 12.3 Å². The summed E-state index contributed by atoms with van der Waals surface area (Å²) in [5, 5.41) is 15.0. The second-order valence-corrected chi connectivity index (χ2v) is 6.15. The molecule has 1 fully saturated rings. The number of anilines is 1. The molecule has 8 heteroatoms. The van der Waals surface area contributed by atoms with Crippen molar-refractivity contribution in [1.82, 2.24) is 14.7 Å². The third-order valence-corrected chi connectivity index (χ3v) is 4.25. The lowest BCUT2D eigenvalue weighted by atomic mass is 10.0. The highest BCUT2D eigenvalue weighted by atomic mass is 16.2. The Morgan fingerprint density at radius 3 is 2.71 bits per heavy atom. The Morgan fingerprint density at radius 2 is 2.12 bits per heavy atom. The highest BCUT2D eigenvalue weighted by Crippen LogP contribution is 2.37. The molecule has 1 saturated heterocycles. The van der Waals surface area contributed by atoms with Crippen LogP contribution in [-0.2, 0) is 11.8 Å². The van der Waals surface area contributed by atoms with Crippen molar-refractivity contribution in [3.05, 3.63) is 11.9 Å². The molecule has 24 heavy (non-hydrogen) atoms. The monoisotopic (exact) mass is 328 g/mol. The van der Waals surface area contributed by atoms with Crippen LogP contribution in [0.25, 0.3) is 0 Å². The van der Waals surface area contributed by atoms with Crippen LogP contribution in [-0.4, -0.2) is 45.2 Å². The number of rotatable bonds is 7. The Kier molecular flexibility index (Phi) is 4.34. The predicted octanol–water partition coefficient (Wildman–Crippen LogP) is 1.56. The average molecular weight is 328 g/mol. The molecule has 2 amide bonds. The lowest BCUT2D eigenvalue weighted by Gasteiger charge is -2.30. The maximum atomic E-state index is 12.3. The molecule has 1 N–H and O–H groups in total. The van der Waals surface area contributed by atoms with Crippen LogP contribution in [0.4, 0.5) is 5.69 Å². The summed E-state index contributed by atoms with van der Waals surface area (Å²) in [6, 6.07) is 0. The molecule has 0 radical (unpaired) electrons. The van der Waals surface area contributed by atoms with E-state index >= 15 is 0 Å². The highest BCUT2D eigenvalue weighted by molar-refractivity contribution is 6.02. The summed E-state index contributed by atoms with van der Waals surface area (Å²) in [5.41, 5.74) is 0.254. The molecule has 3 rings (SSSR count). The van der Waals surface area contributed by atoms with E-state index in [1.165, 1.54) is 4.68 Å². The van der Waals surface area contributed by atoms with Crippen molar-refractivity contribution in [2.75, 3.05) is 18.4 Å². The van der Waals surface area contributed by atoms with Gasteiger partial charge in [0.15, 0.2) is 11.4 Å². The number of hydrogen-bond donors (Lipinski definition) is 1. The van der Waals surface area contributed by atoms with E-state index in [1.54, 1.807) is 18.1 Å². The molecule has 0 aromatic carbocycles. The molecule has 2 aliphatic heterocycles. The molecular formula is C16H20N6O2. The first-order valence-electron chi connectivity index (χ1n) is 8.03. The lowest BCUT2D eigenvalue weighted by molar-refractivity contribution is -0.116. The fourth-order valence-electron chi connectivity index (χ4n) is 2.60. The van der Waals surface area contributed by atoms with Crippen molar-refractivity contribution in [3.8, 4) is 12.3 Å². The summed E-state index contributed by atoms with van der Waals surface area (Å²) in [4.78, 5) is 26.3. The van der Waals surface area contributed by atoms with Crippen molar-refractivity contribution in [1.29, 1.82) is 0 Å². The Labute approximate surface area is 140 Å². The molecule has 1 aromatic heterocycles. The van der Waals surface area contributed by atoms with Crippen LogP contribution in [0.1, 0.15) is 42.6 Å². The Balaban J connectivity index is 1.57. The minimum Gasteiger partial charge on any atom is -0.337 e. The molecule has 3 heterocycles. The summed E-state index contributed by atoms with van der Waals surface area (Å²) in [6.07, 6.45) is 9.95. The number of nitrogens with one attached hydrogen (secondary N) is 1. The largest absolute Gasteiger partial charge is 0.337 e. The number of terminal acetylenes is 1. The zero-order valence-corrected chi connectivity index (χ0v) is 13.7. The molecule has 0 spiro atoms. The van der Waals surface area contributed by atoms with Gasteiger partial charge in [0.05, 0.1) is 5.69 Å². The van der Waals surface area contributed by atoms with Crippen molar-refractivity contribution in [2.24, 2.45) is 17.3 Å². The SMILES string of the molecule is C#CCCC1(CCC(=O)Nc2cn(C)nc2C(=O)N2CCC2)N=N1. The molecule has 0 unspecified atom stereocenters. The molecule has 0 aliphatic carbocycles. The normalized spacial score (nSPS) is 17.1. The fraction of sp³-hybridized carbons (Fsp3) is 0.562. The van der Waals surface area contributed by atoms with Gasteiger partial charge < -0.3 is 10.2 Å². The van der Waals surface area contributed by atoms with Crippen molar-refractivity contribution >= 4 is 17.5 Å². The minimum absolute atomic E-state index is 0.144. The third kappa shape index (κ3) is 3.45. The van der Waals surface area contributed by atoms with E-state index in [9.17, 15) is 9.59 Å².